The predicted molar refractivity (Wildman–Crippen MR) is 62.3 cm³/mol. The first-order chi connectivity index (χ1) is 7.25. The number of hydrogen-bond donors (Lipinski definition) is 2. The Morgan fingerprint density at radius 3 is 2.73 bits per heavy atom. The highest BCUT2D eigenvalue weighted by Gasteiger charge is 2.21. The molecule has 0 bridgehead atoms. The summed E-state index contributed by atoms with van der Waals surface area (Å²) in [4.78, 5) is 0. The zero-order valence-electron chi connectivity index (χ0n) is 8.45. The molecule has 0 radical (unpaired) electrons. The molecular weight excluding hydrogens is 212 g/mol. The van der Waals surface area contributed by atoms with E-state index in [9.17, 15) is 0 Å². The van der Waals surface area contributed by atoms with Gasteiger partial charge in [-0.1, -0.05) is 11.6 Å². The predicted octanol–water partition coefficient (Wildman–Crippen LogP) is 1.87. The van der Waals surface area contributed by atoms with Crippen molar-refractivity contribution in [3.63, 3.8) is 0 Å². The maximum atomic E-state index is 5.94. The maximum Gasteiger partial charge on any atom is 0.0637 e. The zero-order chi connectivity index (χ0) is 10.7. The fraction of sp³-hybridized carbons (Fsp3) is 0.455. The molecule has 15 heavy (non-hydrogen) atoms. The normalized spacial score (nSPS) is 26.3. The molecule has 1 heterocycles. The number of ether oxygens (including phenoxy) is 1. The Kier molecular flexibility index (Phi) is 3.46. The number of halogens is 1. The molecule has 0 saturated carbocycles. The van der Waals surface area contributed by atoms with Crippen molar-refractivity contribution in [1.82, 2.24) is 0 Å². The summed E-state index contributed by atoms with van der Waals surface area (Å²) in [5, 5.41) is 4.14. The number of rotatable bonds is 2. The van der Waals surface area contributed by atoms with Gasteiger partial charge in [-0.15, -0.1) is 0 Å². The van der Waals surface area contributed by atoms with E-state index in [4.69, 9.17) is 22.1 Å². The average molecular weight is 227 g/mol. The summed E-state index contributed by atoms with van der Waals surface area (Å²) >= 11 is 5.81. The highest BCUT2D eigenvalue weighted by atomic mass is 35.5. The summed E-state index contributed by atoms with van der Waals surface area (Å²) in [5.41, 5.74) is 7.00. The molecule has 0 aliphatic carbocycles. The van der Waals surface area contributed by atoms with Gasteiger partial charge in [-0.05, 0) is 30.7 Å². The average Bonchev–Trinajstić information content (AvgIpc) is 2.25. The van der Waals surface area contributed by atoms with Gasteiger partial charge in [0.15, 0.2) is 0 Å². The third kappa shape index (κ3) is 2.84. The van der Waals surface area contributed by atoms with E-state index in [2.05, 4.69) is 5.32 Å². The van der Waals surface area contributed by atoms with Crippen LogP contribution in [0.3, 0.4) is 0 Å². The molecule has 0 spiro atoms. The van der Waals surface area contributed by atoms with Crippen LogP contribution in [0.5, 0.6) is 0 Å². The molecule has 4 heteroatoms. The number of nitrogens with one attached hydrogen (secondary N) is 1. The topological polar surface area (TPSA) is 47.3 Å². The van der Waals surface area contributed by atoms with Crippen molar-refractivity contribution in [2.24, 2.45) is 5.73 Å². The van der Waals surface area contributed by atoms with Gasteiger partial charge in [0, 0.05) is 29.4 Å². The van der Waals surface area contributed by atoms with E-state index in [0.717, 1.165) is 23.7 Å². The first kappa shape index (κ1) is 10.7. The molecule has 1 aromatic carbocycles. The van der Waals surface area contributed by atoms with Crippen molar-refractivity contribution >= 4 is 17.3 Å². The van der Waals surface area contributed by atoms with Crippen molar-refractivity contribution in [3.05, 3.63) is 29.3 Å². The largest absolute Gasteiger partial charge is 0.381 e. The summed E-state index contributed by atoms with van der Waals surface area (Å²) in [5.74, 6) is 0. The second-order valence-corrected chi connectivity index (χ2v) is 4.22. The molecular formula is C11H15ClN2O. The minimum Gasteiger partial charge on any atom is -0.381 e. The lowest BCUT2D eigenvalue weighted by Gasteiger charge is -2.30. The summed E-state index contributed by atoms with van der Waals surface area (Å²) in [6, 6.07) is 8.02. The molecule has 1 aliphatic heterocycles. The van der Waals surface area contributed by atoms with Crippen molar-refractivity contribution in [1.29, 1.82) is 0 Å². The SMILES string of the molecule is NC1COCCC1Nc1ccc(Cl)cc1. The maximum absolute atomic E-state index is 5.94. The van der Waals surface area contributed by atoms with Gasteiger partial charge in [0.1, 0.15) is 0 Å². The molecule has 2 rings (SSSR count). The second kappa shape index (κ2) is 4.84. The molecule has 0 aromatic heterocycles. The minimum atomic E-state index is 0.0643. The van der Waals surface area contributed by atoms with Crippen molar-refractivity contribution in [2.75, 3.05) is 18.5 Å². The van der Waals surface area contributed by atoms with E-state index in [-0.39, 0.29) is 6.04 Å². The van der Waals surface area contributed by atoms with Crippen molar-refractivity contribution in [2.45, 2.75) is 18.5 Å². The van der Waals surface area contributed by atoms with Crippen LogP contribution in [0.25, 0.3) is 0 Å². The quantitative estimate of drug-likeness (QED) is 0.810. The lowest BCUT2D eigenvalue weighted by molar-refractivity contribution is 0.0752. The first-order valence-electron chi connectivity index (χ1n) is 5.11. The van der Waals surface area contributed by atoms with Gasteiger partial charge in [0.05, 0.1) is 6.61 Å². The lowest BCUT2D eigenvalue weighted by atomic mass is 10.0. The van der Waals surface area contributed by atoms with Crippen LogP contribution in [-0.4, -0.2) is 25.3 Å². The van der Waals surface area contributed by atoms with Crippen molar-refractivity contribution in [3.8, 4) is 0 Å². The molecule has 2 atom stereocenters. The highest BCUT2D eigenvalue weighted by molar-refractivity contribution is 6.30. The van der Waals surface area contributed by atoms with Crippen LogP contribution in [0.15, 0.2) is 24.3 Å². The second-order valence-electron chi connectivity index (χ2n) is 3.79. The van der Waals surface area contributed by atoms with Crippen LogP contribution in [0, 0.1) is 0 Å². The van der Waals surface area contributed by atoms with Crippen LogP contribution in [-0.2, 0) is 4.74 Å². The van der Waals surface area contributed by atoms with Crippen LogP contribution < -0.4 is 11.1 Å². The summed E-state index contributed by atoms with van der Waals surface area (Å²) in [6.45, 7) is 1.41. The monoisotopic (exact) mass is 226 g/mol. The van der Waals surface area contributed by atoms with E-state index in [1.165, 1.54) is 0 Å². The molecule has 1 saturated heterocycles. The summed E-state index contributed by atoms with van der Waals surface area (Å²) in [6.07, 6.45) is 0.948. The smallest absolute Gasteiger partial charge is 0.0637 e. The zero-order valence-corrected chi connectivity index (χ0v) is 9.20. The highest BCUT2D eigenvalue weighted by Crippen LogP contribution is 2.17. The first-order valence-corrected chi connectivity index (χ1v) is 5.49. The molecule has 82 valence electrons. The van der Waals surface area contributed by atoms with Crippen LogP contribution >= 0.6 is 11.6 Å². The number of anilines is 1. The standard InChI is InChI=1S/C11H15ClN2O/c12-8-1-3-9(4-2-8)14-11-5-6-15-7-10(11)13/h1-4,10-11,14H,5-7,13H2. The Bertz CT molecular complexity index is 315. The molecule has 2 unspecified atom stereocenters. The van der Waals surface area contributed by atoms with Gasteiger partial charge in [-0.2, -0.15) is 0 Å². The fourth-order valence-electron chi connectivity index (χ4n) is 1.70. The third-order valence-electron chi connectivity index (χ3n) is 2.60. The Labute approximate surface area is 94.6 Å². The van der Waals surface area contributed by atoms with E-state index < -0.39 is 0 Å². The van der Waals surface area contributed by atoms with Crippen molar-refractivity contribution < 1.29 is 4.74 Å². The lowest BCUT2D eigenvalue weighted by Crippen LogP contribution is -2.47. The van der Waals surface area contributed by atoms with E-state index in [0.29, 0.717) is 12.6 Å². The third-order valence-corrected chi connectivity index (χ3v) is 2.85. The van der Waals surface area contributed by atoms with Gasteiger partial charge in [-0.25, -0.2) is 0 Å². The molecule has 1 fully saturated rings. The van der Waals surface area contributed by atoms with Crippen LogP contribution in [0.1, 0.15) is 6.42 Å². The van der Waals surface area contributed by atoms with E-state index in [1.54, 1.807) is 0 Å². The minimum absolute atomic E-state index is 0.0643. The van der Waals surface area contributed by atoms with Gasteiger partial charge in [-0.3, -0.25) is 0 Å². The summed E-state index contributed by atoms with van der Waals surface area (Å²) < 4.78 is 5.28. The number of benzene rings is 1. The Hall–Kier alpha value is -0.770. The molecule has 3 nitrogen and oxygen atoms in total. The van der Waals surface area contributed by atoms with Gasteiger partial charge in [0.2, 0.25) is 0 Å². The molecule has 3 N–H and O–H groups in total. The Balaban J connectivity index is 1.98. The van der Waals surface area contributed by atoms with Gasteiger partial charge in [0.25, 0.3) is 0 Å². The number of nitrogens with two attached hydrogens (primary N) is 1. The van der Waals surface area contributed by atoms with Crippen LogP contribution in [0.4, 0.5) is 5.69 Å². The molecule has 1 aliphatic rings. The molecule has 0 amide bonds. The van der Waals surface area contributed by atoms with Gasteiger partial charge < -0.3 is 15.8 Å². The number of hydrogen-bond acceptors (Lipinski definition) is 3. The summed E-state index contributed by atoms with van der Waals surface area (Å²) in [7, 11) is 0. The van der Waals surface area contributed by atoms with E-state index in [1.807, 2.05) is 24.3 Å². The Morgan fingerprint density at radius 2 is 2.07 bits per heavy atom. The van der Waals surface area contributed by atoms with Crippen LogP contribution in [0.2, 0.25) is 5.02 Å². The fourth-order valence-corrected chi connectivity index (χ4v) is 1.83. The van der Waals surface area contributed by atoms with E-state index >= 15 is 0 Å². The van der Waals surface area contributed by atoms with Gasteiger partial charge >= 0.3 is 0 Å². The molecule has 1 aromatic rings. The Morgan fingerprint density at radius 1 is 1.33 bits per heavy atom.